The molecular formula is C59H98O6. The summed E-state index contributed by atoms with van der Waals surface area (Å²) in [6, 6.07) is 0. The van der Waals surface area contributed by atoms with Gasteiger partial charge >= 0.3 is 17.9 Å². The van der Waals surface area contributed by atoms with Crippen molar-refractivity contribution in [2.24, 2.45) is 0 Å². The summed E-state index contributed by atoms with van der Waals surface area (Å²) >= 11 is 0. The molecule has 0 bridgehead atoms. The van der Waals surface area contributed by atoms with E-state index in [9.17, 15) is 14.4 Å². The van der Waals surface area contributed by atoms with Gasteiger partial charge in [0.15, 0.2) is 6.10 Å². The molecule has 65 heavy (non-hydrogen) atoms. The zero-order chi connectivity index (χ0) is 47.2. The zero-order valence-corrected chi connectivity index (χ0v) is 42.2. The smallest absolute Gasteiger partial charge is 0.306 e. The summed E-state index contributed by atoms with van der Waals surface area (Å²) in [5, 5.41) is 0. The molecule has 0 spiro atoms. The van der Waals surface area contributed by atoms with Crippen molar-refractivity contribution in [2.45, 2.75) is 245 Å². The molecular weight excluding hydrogens is 805 g/mol. The fourth-order valence-electron chi connectivity index (χ4n) is 6.96. The van der Waals surface area contributed by atoms with Gasteiger partial charge in [-0.05, 0) is 122 Å². The number of hydrogen-bond acceptors (Lipinski definition) is 6. The molecule has 0 radical (unpaired) electrons. The molecule has 0 rings (SSSR count). The highest BCUT2D eigenvalue weighted by Crippen LogP contribution is 2.12. The lowest BCUT2D eigenvalue weighted by Crippen LogP contribution is -2.30. The predicted molar refractivity (Wildman–Crippen MR) is 279 cm³/mol. The van der Waals surface area contributed by atoms with Crippen molar-refractivity contribution in [1.82, 2.24) is 0 Å². The van der Waals surface area contributed by atoms with Crippen LogP contribution in [0.3, 0.4) is 0 Å². The van der Waals surface area contributed by atoms with Crippen LogP contribution in [0.5, 0.6) is 0 Å². The number of ether oxygens (including phenoxy) is 3. The van der Waals surface area contributed by atoms with Gasteiger partial charge in [-0.15, -0.1) is 0 Å². The fraction of sp³-hybridized carbons (Fsp3) is 0.678. The highest BCUT2D eigenvalue weighted by molar-refractivity contribution is 5.71. The zero-order valence-electron chi connectivity index (χ0n) is 42.2. The minimum Gasteiger partial charge on any atom is -0.462 e. The minimum absolute atomic E-state index is 0.115. The van der Waals surface area contributed by atoms with Crippen LogP contribution in [0.2, 0.25) is 0 Å². The lowest BCUT2D eigenvalue weighted by atomic mass is 10.1. The minimum atomic E-state index is -0.823. The van der Waals surface area contributed by atoms with Crippen LogP contribution in [0.25, 0.3) is 0 Å². The molecule has 0 unspecified atom stereocenters. The highest BCUT2D eigenvalue weighted by atomic mass is 16.6. The first-order chi connectivity index (χ1) is 32.0. The van der Waals surface area contributed by atoms with Crippen molar-refractivity contribution in [2.75, 3.05) is 13.2 Å². The van der Waals surface area contributed by atoms with Crippen LogP contribution >= 0.6 is 0 Å². The van der Waals surface area contributed by atoms with E-state index in [2.05, 4.69) is 118 Å². The Morgan fingerprint density at radius 1 is 0.308 bits per heavy atom. The van der Waals surface area contributed by atoms with Crippen LogP contribution in [0, 0.1) is 0 Å². The number of rotatable bonds is 47. The first-order valence-corrected chi connectivity index (χ1v) is 26.7. The maximum Gasteiger partial charge on any atom is 0.306 e. The van der Waals surface area contributed by atoms with Gasteiger partial charge < -0.3 is 14.2 Å². The summed E-state index contributed by atoms with van der Waals surface area (Å²) in [5.74, 6) is -1.02. The Morgan fingerprint density at radius 3 is 1.00 bits per heavy atom. The third kappa shape index (κ3) is 51.2. The maximum absolute atomic E-state index is 12.8. The maximum atomic E-state index is 12.8. The van der Waals surface area contributed by atoms with E-state index in [1.807, 2.05) is 0 Å². The third-order valence-electron chi connectivity index (χ3n) is 11.0. The lowest BCUT2D eigenvalue weighted by molar-refractivity contribution is -0.167. The molecule has 0 heterocycles. The SMILES string of the molecule is CCCCC/C=C\C/C=C\C/C=C\C/C=C\CCCC(=O)OC[C@H](COC(=O)CCCCCCC/C=C\CCCCCCCC)OC(=O)CCCC/C=C\C/C=C\C/C=C\CCCCC. The number of carbonyl (C=O) groups is 3. The Labute approximate surface area is 400 Å². The number of allylic oxidation sites excluding steroid dienone is 16. The van der Waals surface area contributed by atoms with Crippen LogP contribution in [-0.2, 0) is 28.6 Å². The summed E-state index contributed by atoms with van der Waals surface area (Å²) in [5.41, 5.74) is 0. The number of hydrogen-bond donors (Lipinski definition) is 0. The highest BCUT2D eigenvalue weighted by Gasteiger charge is 2.19. The molecule has 0 fully saturated rings. The van der Waals surface area contributed by atoms with Gasteiger partial charge in [-0.25, -0.2) is 0 Å². The molecule has 370 valence electrons. The van der Waals surface area contributed by atoms with E-state index in [0.29, 0.717) is 19.3 Å². The molecule has 6 nitrogen and oxygen atoms in total. The summed E-state index contributed by atoms with van der Waals surface area (Å²) in [7, 11) is 0. The summed E-state index contributed by atoms with van der Waals surface area (Å²) in [6.07, 6.45) is 69.7. The summed E-state index contributed by atoms with van der Waals surface area (Å²) in [4.78, 5) is 38.0. The van der Waals surface area contributed by atoms with Gasteiger partial charge in [0.25, 0.3) is 0 Å². The summed E-state index contributed by atoms with van der Waals surface area (Å²) in [6.45, 7) is 6.48. The summed E-state index contributed by atoms with van der Waals surface area (Å²) < 4.78 is 16.7. The molecule has 0 N–H and O–H groups in total. The lowest BCUT2D eigenvalue weighted by Gasteiger charge is -2.18. The second-order valence-corrected chi connectivity index (χ2v) is 17.4. The molecule has 0 aliphatic heterocycles. The second-order valence-electron chi connectivity index (χ2n) is 17.4. The van der Waals surface area contributed by atoms with Gasteiger partial charge in [0.05, 0.1) is 0 Å². The predicted octanol–water partition coefficient (Wildman–Crippen LogP) is 17.8. The first-order valence-electron chi connectivity index (χ1n) is 26.7. The Balaban J connectivity index is 4.56. The Morgan fingerprint density at radius 2 is 0.569 bits per heavy atom. The van der Waals surface area contributed by atoms with Gasteiger partial charge in [0.2, 0.25) is 0 Å². The topological polar surface area (TPSA) is 78.9 Å². The molecule has 0 aliphatic carbocycles. The van der Waals surface area contributed by atoms with E-state index in [-0.39, 0.29) is 44.0 Å². The van der Waals surface area contributed by atoms with Gasteiger partial charge in [-0.1, -0.05) is 195 Å². The number of carbonyl (C=O) groups excluding carboxylic acids is 3. The number of unbranched alkanes of at least 4 members (excludes halogenated alkanes) is 20. The Hall–Kier alpha value is -3.67. The van der Waals surface area contributed by atoms with Crippen molar-refractivity contribution in [3.05, 3.63) is 97.2 Å². The first kappa shape index (κ1) is 61.3. The van der Waals surface area contributed by atoms with Crippen molar-refractivity contribution < 1.29 is 28.6 Å². The van der Waals surface area contributed by atoms with Gasteiger partial charge in [-0.2, -0.15) is 0 Å². The van der Waals surface area contributed by atoms with E-state index in [0.717, 1.165) is 83.5 Å². The molecule has 0 saturated heterocycles. The average molecular weight is 903 g/mol. The van der Waals surface area contributed by atoms with Gasteiger partial charge in [0, 0.05) is 19.3 Å². The van der Waals surface area contributed by atoms with Crippen LogP contribution in [0.15, 0.2) is 97.2 Å². The van der Waals surface area contributed by atoms with Crippen molar-refractivity contribution in [3.63, 3.8) is 0 Å². The van der Waals surface area contributed by atoms with E-state index < -0.39 is 6.10 Å². The quantitative estimate of drug-likeness (QED) is 0.0262. The van der Waals surface area contributed by atoms with Gasteiger partial charge in [0.1, 0.15) is 13.2 Å². The molecule has 1 atom stereocenters. The van der Waals surface area contributed by atoms with Crippen LogP contribution in [-0.4, -0.2) is 37.2 Å². The van der Waals surface area contributed by atoms with Crippen LogP contribution in [0.1, 0.15) is 239 Å². The van der Waals surface area contributed by atoms with Crippen molar-refractivity contribution in [3.8, 4) is 0 Å². The van der Waals surface area contributed by atoms with E-state index >= 15 is 0 Å². The molecule has 6 heteroatoms. The fourth-order valence-corrected chi connectivity index (χ4v) is 6.96. The Kier molecular flexibility index (Phi) is 50.0. The van der Waals surface area contributed by atoms with Crippen LogP contribution in [0.4, 0.5) is 0 Å². The largest absolute Gasteiger partial charge is 0.462 e. The normalized spacial score (nSPS) is 12.8. The number of esters is 3. The molecule has 0 saturated carbocycles. The van der Waals surface area contributed by atoms with Crippen molar-refractivity contribution >= 4 is 17.9 Å². The van der Waals surface area contributed by atoms with E-state index in [4.69, 9.17) is 14.2 Å². The monoisotopic (exact) mass is 903 g/mol. The standard InChI is InChI=1S/C59H98O6/c1-4-7-10-13-16-19-22-25-28-29-32-34-37-40-43-46-49-52-58(61)64-55-56(65-59(62)53-50-47-44-41-38-35-31-27-24-21-18-15-12-9-6-3)54-63-57(60)51-48-45-42-39-36-33-30-26-23-20-17-14-11-8-5-2/h16,18-19,21,25-28,30-32,34,38,40-41,43,56H,4-15,17,20,22-24,29,33,35-37,39,42,44-55H2,1-3H3/b19-16-,21-18-,28-25-,30-26-,31-27-,34-32-,41-38-,43-40-/t56-/m0/s1. The average Bonchev–Trinajstić information content (AvgIpc) is 3.30. The molecule has 0 aromatic carbocycles. The second kappa shape index (κ2) is 52.9. The van der Waals surface area contributed by atoms with Crippen LogP contribution < -0.4 is 0 Å². The van der Waals surface area contributed by atoms with Gasteiger partial charge in [-0.3, -0.25) is 14.4 Å². The molecule has 0 aromatic heterocycles. The van der Waals surface area contributed by atoms with Crippen molar-refractivity contribution in [1.29, 1.82) is 0 Å². The molecule has 0 aliphatic rings. The molecule has 0 aromatic rings. The van der Waals surface area contributed by atoms with E-state index in [1.54, 1.807) is 0 Å². The van der Waals surface area contributed by atoms with E-state index in [1.165, 1.54) is 103 Å². The Bertz CT molecular complexity index is 1310. The molecule has 0 amide bonds. The third-order valence-corrected chi connectivity index (χ3v) is 11.0.